The summed E-state index contributed by atoms with van der Waals surface area (Å²) in [7, 11) is -11.3. The third kappa shape index (κ3) is 11.2. The quantitative estimate of drug-likeness (QED) is 0.196. The minimum atomic E-state index is -2.32. The van der Waals surface area contributed by atoms with E-state index in [2.05, 4.69) is 169 Å². The van der Waals surface area contributed by atoms with Crippen LogP contribution in [0.5, 0.6) is 0 Å². The second-order valence-corrected chi connectivity index (χ2v) is 45.9. The van der Waals surface area contributed by atoms with Crippen LogP contribution in [0.1, 0.15) is 104 Å². The lowest BCUT2D eigenvalue weighted by molar-refractivity contribution is -0.270. The van der Waals surface area contributed by atoms with Crippen LogP contribution in [0.2, 0.25) is 90.7 Å². The molecule has 0 spiro atoms. The maximum absolute atomic E-state index is 7.59. The highest BCUT2D eigenvalue weighted by Crippen LogP contribution is 2.48. The van der Waals surface area contributed by atoms with E-state index in [1.807, 2.05) is 0 Å². The van der Waals surface area contributed by atoms with Crippen LogP contribution in [0, 0.1) is 0 Å². The maximum atomic E-state index is 7.59. The molecule has 47 heavy (non-hydrogen) atoms. The molecule has 0 aliphatic carbocycles. The van der Waals surface area contributed by atoms with Crippen molar-refractivity contribution in [2.45, 2.75) is 225 Å². The van der Waals surface area contributed by atoms with Gasteiger partial charge in [0.1, 0.15) is 24.4 Å². The van der Waals surface area contributed by atoms with Crippen LogP contribution in [0.3, 0.4) is 0 Å². The van der Waals surface area contributed by atoms with Gasteiger partial charge in [0.05, 0.1) is 6.61 Å². The van der Waals surface area contributed by atoms with Crippen LogP contribution in [0.15, 0.2) is 0 Å². The van der Waals surface area contributed by atoms with Gasteiger partial charge in [-0.1, -0.05) is 104 Å². The predicted molar refractivity (Wildman–Crippen MR) is 216 cm³/mol. The second kappa shape index (κ2) is 14.3. The lowest BCUT2D eigenvalue weighted by atomic mass is 9.99. The van der Waals surface area contributed by atoms with Crippen molar-refractivity contribution in [3.8, 4) is 0 Å². The Morgan fingerprint density at radius 2 is 0.660 bits per heavy atom. The van der Waals surface area contributed by atoms with Crippen molar-refractivity contribution in [1.29, 1.82) is 0 Å². The van der Waals surface area contributed by atoms with Gasteiger partial charge < -0.3 is 26.9 Å². The van der Waals surface area contributed by atoms with E-state index in [4.69, 9.17) is 26.9 Å². The molecule has 0 aromatic carbocycles. The third-order valence-electron chi connectivity index (χ3n) is 12.9. The first kappa shape index (κ1) is 45.9. The van der Waals surface area contributed by atoms with Gasteiger partial charge >= 0.3 is 0 Å². The van der Waals surface area contributed by atoms with Gasteiger partial charge in [-0.05, 0) is 90.7 Å². The molecule has 0 radical (unpaired) electrons. The van der Waals surface area contributed by atoms with E-state index in [0.29, 0.717) is 6.61 Å². The largest absolute Gasteiger partial charge is 0.414 e. The average molecular weight is 751 g/mol. The molecule has 1 heterocycles. The van der Waals surface area contributed by atoms with Crippen molar-refractivity contribution < 1.29 is 26.9 Å². The minimum Gasteiger partial charge on any atom is -0.414 e. The number of rotatable bonds is 11. The summed E-state index contributed by atoms with van der Waals surface area (Å²) in [6.07, 6.45) is -2.10. The van der Waals surface area contributed by atoms with Crippen LogP contribution >= 0.6 is 0 Å². The Balaban J connectivity index is 4.14. The average Bonchev–Trinajstić information content (AvgIpc) is 2.77. The summed E-state index contributed by atoms with van der Waals surface area (Å²) in [6.45, 7) is 58.2. The fourth-order valence-electron chi connectivity index (χ4n) is 4.03. The van der Waals surface area contributed by atoms with Gasteiger partial charge in [0.15, 0.2) is 47.9 Å². The van der Waals surface area contributed by atoms with E-state index in [1.54, 1.807) is 0 Å². The lowest BCUT2D eigenvalue weighted by Gasteiger charge is -2.56. The molecule has 1 aliphatic rings. The van der Waals surface area contributed by atoms with Crippen LogP contribution in [0.25, 0.3) is 0 Å². The van der Waals surface area contributed by atoms with Gasteiger partial charge in [0.2, 0.25) is 0 Å². The Morgan fingerprint density at radius 1 is 0.383 bits per heavy atom. The molecule has 0 aromatic rings. The summed E-state index contributed by atoms with van der Waals surface area (Å²) < 4.78 is 44.1. The Hall–Kier alpha value is 0.844. The smallest absolute Gasteiger partial charge is 0.195 e. The van der Waals surface area contributed by atoms with E-state index in [0.717, 1.165) is 0 Å². The maximum Gasteiger partial charge on any atom is 0.195 e. The monoisotopic (exact) mass is 750 g/mol. The van der Waals surface area contributed by atoms with Crippen molar-refractivity contribution in [2.24, 2.45) is 0 Å². The Bertz CT molecular complexity index is 1020. The highest BCUT2D eigenvalue weighted by Gasteiger charge is 2.58. The molecular formula is C36H82O6Si5. The summed E-state index contributed by atoms with van der Waals surface area (Å²) in [5.74, 6) is 0. The molecule has 1 rings (SSSR count). The second-order valence-electron chi connectivity index (χ2n) is 22.0. The summed E-state index contributed by atoms with van der Waals surface area (Å²) in [5.41, 5.74) is 0. The fourth-order valence-corrected chi connectivity index (χ4v) is 10.1. The van der Waals surface area contributed by atoms with Crippen molar-refractivity contribution >= 4 is 41.6 Å². The standard InChI is InChI=1S/C36H82O6Si5/c1-32(2,3)43(16,17)37-26-27-28(39-44(18,19)33(4,5)6)29(40-45(20,21)34(7,8)9)30(41-46(22,23)35(10,11)12)31(38-27)42-47(24,25)36(13,14)15/h27-31H,26H2,1-25H3/t27-,28+,29+,30-,31+/m1/s1. The molecule has 1 saturated heterocycles. The molecule has 0 unspecified atom stereocenters. The highest BCUT2D eigenvalue weighted by atomic mass is 28.4. The normalized spacial score (nSPS) is 25.3. The number of hydrogen-bond donors (Lipinski definition) is 0. The van der Waals surface area contributed by atoms with Gasteiger partial charge in [0.25, 0.3) is 0 Å². The molecule has 0 N–H and O–H groups in total. The first-order valence-electron chi connectivity index (χ1n) is 18.2. The topological polar surface area (TPSA) is 55.4 Å². The zero-order chi connectivity index (χ0) is 37.8. The van der Waals surface area contributed by atoms with E-state index < -0.39 is 54.0 Å². The molecule has 0 bridgehead atoms. The molecule has 0 saturated carbocycles. The molecule has 0 amide bonds. The highest BCUT2D eigenvalue weighted by molar-refractivity contribution is 6.76. The molecule has 1 aliphatic heterocycles. The zero-order valence-corrected chi connectivity index (χ0v) is 41.0. The molecule has 11 heteroatoms. The van der Waals surface area contributed by atoms with E-state index in [1.165, 1.54) is 0 Å². The van der Waals surface area contributed by atoms with E-state index >= 15 is 0 Å². The lowest BCUT2D eigenvalue weighted by Crippen LogP contribution is -2.69. The predicted octanol–water partition coefficient (Wildman–Crippen LogP) is 11.9. The fraction of sp³-hybridized carbons (Fsp3) is 1.00. The summed E-state index contributed by atoms with van der Waals surface area (Å²) in [6, 6.07) is 0. The van der Waals surface area contributed by atoms with Crippen molar-refractivity contribution in [3.63, 3.8) is 0 Å². The first-order chi connectivity index (χ1) is 20.2. The Kier molecular flexibility index (Phi) is 14.0. The SMILES string of the molecule is CC(C)(C)[Si](C)(C)OC[C@H]1O[C@@H](O[Si](C)(C)C(C)(C)C)[C@H](O[Si](C)(C)C(C)(C)C)[C@@H](O[Si](C)(C)C(C)(C)C)[C@H]1O[Si](C)(C)C(C)(C)C. The van der Waals surface area contributed by atoms with Gasteiger partial charge in [-0.3, -0.25) is 0 Å². The Labute approximate surface area is 299 Å². The molecule has 0 aromatic heterocycles. The van der Waals surface area contributed by atoms with Crippen molar-refractivity contribution in [3.05, 3.63) is 0 Å². The van der Waals surface area contributed by atoms with E-state index in [-0.39, 0.29) is 43.5 Å². The van der Waals surface area contributed by atoms with Gasteiger partial charge in [-0.15, -0.1) is 0 Å². The van der Waals surface area contributed by atoms with Crippen LogP contribution < -0.4 is 0 Å². The molecule has 5 atom stereocenters. The van der Waals surface area contributed by atoms with Crippen molar-refractivity contribution in [1.82, 2.24) is 0 Å². The Morgan fingerprint density at radius 3 is 0.979 bits per heavy atom. The molecular weight excluding hydrogens is 669 g/mol. The van der Waals surface area contributed by atoms with Crippen molar-refractivity contribution in [2.75, 3.05) is 6.61 Å². The minimum absolute atomic E-state index is 0.00271. The number of hydrogen-bond acceptors (Lipinski definition) is 6. The first-order valence-corrected chi connectivity index (χ1v) is 32.8. The molecule has 1 fully saturated rings. The molecule has 6 nitrogen and oxygen atoms in total. The van der Waals surface area contributed by atoms with Gasteiger partial charge in [-0.25, -0.2) is 0 Å². The summed E-state index contributed by atoms with van der Waals surface area (Å²) in [4.78, 5) is 0. The van der Waals surface area contributed by atoms with Crippen LogP contribution in [-0.2, 0) is 26.9 Å². The van der Waals surface area contributed by atoms with Gasteiger partial charge in [0, 0.05) is 0 Å². The number of ether oxygens (including phenoxy) is 1. The van der Waals surface area contributed by atoms with Crippen LogP contribution in [-0.4, -0.2) is 78.9 Å². The zero-order valence-electron chi connectivity index (χ0n) is 36.0. The van der Waals surface area contributed by atoms with Crippen LogP contribution in [0.4, 0.5) is 0 Å². The molecule has 282 valence electrons. The summed E-state index contributed by atoms with van der Waals surface area (Å²) in [5, 5.41) is 0.0594. The van der Waals surface area contributed by atoms with E-state index in [9.17, 15) is 0 Å². The third-order valence-corrected chi connectivity index (χ3v) is 35.3. The van der Waals surface area contributed by atoms with Gasteiger partial charge in [-0.2, -0.15) is 0 Å². The summed E-state index contributed by atoms with van der Waals surface area (Å²) >= 11 is 0.